The molecule has 0 saturated heterocycles. The number of hydrogen-bond acceptors (Lipinski definition) is 4. The summed E-state index contributed by atoms with van der Waals surface area (Å²) in [5.41, 5.74) is -0.134. The molecule has 19 heavy (non-hydrogen) atoms. The van der Waals surface area contributed by atoms with Crippen LogP contribution in [0.4, 0.5) is 5.69 Å². The fraction of sp³-hybridized carbons (Fsp3) is 0.273. The highest BCUT2D eigenvalue weighted by atomic mass is 35.5. The molecule has 0 heterocycles. The van der Waals surface area contributed by atoms with Crippen LogP contribution in [-0.4, -0.2) is 31.2 Å². The molecule has 102 valence electrons. The van der Waals surface area contributed by atoms with E-state index in [9.17, 15) is 18.5 Å². The zero-order valence-corrected chi connectivity index (χ0v) is 11.8. The third kappa shape index (κ3) is 3.04. The standard InChI is InChI=1S/C11H11ClN2O4S/c1-4-5-13(3)19(17,18)9-6-10(12)8(2)11(7-9)14(15)16/h1,6-7H,5H2,2-3H3. The first-order chi connectivity index (χ1) is 8.71. The molecule has 0 saturated carbocycles. The van der Waals surface area contributed by atoms with Crippen molar-refractivity contribution < 1.29 is 13.3 Å². The van der Waals surface area contributed by atoms with Crippen molar-refractivity contribution in [2.24, 2.45) is 0 Å². The Kier molecular flexibility index (Phi) is 4.52. The lowest BCUT2D eigenvalue weighted by Gasteiger charge is -2.14. The lowest BCUT2D eigenvalue weighted by Crippen LogP contribution is -2.27. The van der Waals surface area contributed by atoms with Gasteiger partial charge < -0.3 is 0 Å². The fourth-order valence-electron chi connectivity index (χ4n) is 1.37. The van der Waals surface area contributed by atoms with Crippen molar-refractivity contribution >= 4 is 27.3 Å². The van der Waals surface area contributed by atoms with E-state index in [4.69, 9.17) is 18.0 Å². The van der Waals surface area contributed by atoms with Crippen LogP contribution in [0.15, 0.2) is 17.0 Å². The number of hydrogen-bond donors (Lipinski definition) is 0. The molecule has 0 radical (unpaired) electrons. The molecule has 0 amide bonds. The number of nitro benzene ring substituents is 1. The van der Waals surface area contributed by atoms with Gasteiger partial charge in [-0.2, -0.15) is 4.31 Å². The quantitative estimate of drug-likeness (QED) is 0.482. The number of terminal acetylenes is 1. The molecular formula is C11H11ClN2O4S. The lowest BCUT2D eigenvalue weighted by molar-refractivity contribution is -0.385. The van der Waals surface area contributed by atoms with E-state index in [-0.39, 0.29) is 27.7 Å². The number of halogens is 1. The zero-order valence-electron chi connectivity index (χ0n) is 10.3. The van der Waals surface area contributed by atoms with Gasteiger partial charge in [0.05, 0.1) is 21.4 Å². The van der Waals surface area contributed by atoms with Crippen LogP contribution in [0.1, 0.15) is 5.56 Å². The topological polar surface area (TPSA) is 80.5 Å². The smallest absolute Gasteiger partial charge is 0.258 e. The molecule has 0 bridgehead atoms. The highest BCUT2D eigenvalue weighted by Gasteiger charge is 2.25. The minimum Gasteiger partial charge on any atom is -0.258 e. The zero-order chi connectivity index (χ0) is 14.8. The molecule has 0 aliphatic heterocycles. The molecule has 0 atom stereocenters. The van der Waals surface area contributed by atoms with E-state index >= 15 is 0 Å². The second-order valence-corrected chi connectivity index (χ2v) is 6.22. The van der Waals surface area contributed by atoms with Gasteiger partial charge in [-0.1, -0.05) is 17.5 Å². The largest absolute Gasteiger partial charge is 0.275 e. The van der Waals surface area contributed by atoms with E-state index in [1.165, 1.54) is 20.0 Å². The Bertz CT molecular complexity index is 664. The second-order valence-electron chi connectivity index (χ2n) is 3.77. The summed E-state index contributed by atoms with van der Waals surface area (Å²) in [7, 11) is -2.61. The number of nitrogens with zero attached hydrogens (tertiary/aromatic N) is 2. The molecule has 0 fully saturated rings. The highest BCUT2D eigenvalue weighted by Crippen LogP contribution is 2.30. The fourth-order valence-corrected chi connectivity index (χ4v) is 2.78. The molecule has 0 aromatic heterocycles. The predicted molar refractivity (Wildman–Crippen MR) is 71.5 cm³/mol. The molecule has 6 nitrogen and oxygen atoms in total. The molecule has 1 rings (SSSR count). The molecule has 0 spiro atoms. The number of benzene rings is 1. The number of sulfonamides is 1. The van der Waals surface area contributed by atoms with Crippen molar-refractivity contribution in [1.82, 2.24) is 4.31 Å². The third-order valence-corrected chi connectivity index (χ3v) is 4.68. The highest BCUT2D eigenvalue weighted by molar-refractivity contribution is 7.89. The summed E-state index contributed by atoms with van der Waals surface area (Å²) in [5, 5.41) is 10.9. The van der Waals surface area contributed by atoms with E-state index in [0.717, 1.165) is 10.4 Å². The van der Waals surface area contributed by atoms with Gasteiger partial charge in [-0.05, 0) is 13.0 Å². The van der Waals surface area contributed by atoms with E-state index in [0.29, 0.717) is 0 Å². The van der Waals surface area contributed by atoms with Crippen LogP contribution in [0.2, 0.25) is 5.02 Å². The first kappa shape index (κ1) is 15.4. The molecule has 8 heteroatoms. The van der Waals surface area contributed by atoms with Crippen LogP contribution in [-0.2, 0) is 10.0 Å². The predicted octanol–water partition coefficient (Wildman–Crippen LogP) is 1.81. The van der Waals surface area contributed by atoms with Crippen LogP contribution in [0.25, 0.3) is 0 Å². The van der Waals surface area contributed by atoms with Crippen molar-refractivity contribution in [2.75, 3.05) is 13.6 Å². The maximum absolute atomic E-state index is 12.1. The Morgan fingerprint density at radius 1 is 1.53 bits per heavy atom. The summed E-state index contributed by atoms with van der Waals surface area (Å²) in [4.78, 5) is 9.92. The second kappa shape index (κ2) is 5.57. The summed E-state index contributed by atoms with van der Waals surface area (Å²) >= 11 is 5.82. The summed E-state index contributed by atoms with van der Waals surface area (Å²) in [6.07, 6.45) is 5.05. The third-order valence-electron chi connectivity index (χ3n) is 2.51. The normalized spacial score (nSPS) is 11.3. The number of nitro groups is 1. The van der Waals surface area contributed by atoms with Crippen molar-refractivity contribution in [1.29, 1.82) is 0 Å². The van der Waals surface area contributed by atoms with Crippen molar-refractivity contribution in [3.8, 4) is 12.3 Å². The summed E-state index contributed by atoms with van der Waals surface area (Å²) < 4.78 is 25.1. The minimum absolute atomic E-state index is 0.0156. The Hall–Kier alpha value is -1.62. The van der Waals surface area contributed by atoms with E-state index in [2.05, 4.69) is 5.92 Å². The molecule has 0 unspecified atom stereocenters. The first-order valence-corrected chi connectivity index (χ1v) is 6.88. The van der Waals surface area contributed by atoms with Crippen LogP contribution < -0.4 is 0 Å². The average Bonchev–Trinajstić information content (AvgIpc) is 2.32. The van der Waals surface area contributed by atoms with Gasteiger partial charge in [0.2, 0.25) is 10.0 Å². The van der Waals surface area contributed by atoms with Crippen LogP contribution >= 0.6 is 11.6 Å². The van der Waals surface area contributed by atoms with Gasteiger partial charge in [-0.15, -0.1) is 6.42 Å². The number of rotatable bonds is 4. The molecule has 0 aliphatic rings. The molecule has 1 aromatic rings. The van der Waals surface area contributed by atoms with E-state index in [1.54, 1.807) is 0 Å². The maximum atomic E-state index is 12.1. The van der Waals surface area contributed by atoms with Crippen LogP contribution in [0.5, 0.6) is 0 Å². The molecule has 1 aromatic carbocycles. The van der Waals surface area contributed by atoms with E-state index in [1.807, 2.05) is 0 Å². The molecule has 0 N–H and O–H groups in total. The first-order valence-electron chi connectivity index (χ1n) is 5.06. The minimum atomic E-state index is -3.89. The van der Waals surface area contributed by atoms with Crippen molar-refractivity contribution in [3.05, 3.63) is 32.8 Å². The Morgan fingerprint density at radius 2 is 2.11 bits per heavy atom. The van der Waals surface area contributed by atoms with E-state index < -0.39 is 14.9 Å². The van der Waals surface area contributed by atoms with Crippen LogP contribution in [0.3, 0.4) is 0 Å². The van der Waals surface area contributed by atoms with Crippen LogP contribution in [0, 0.1) is 29.4 Å². The Morgan fingerprint density at radius 3 is 2.58 bits per heavy atom. The average molecular weight is 303 g/mol. The van der Waals surface area contributed by atoms with Gasteiger partial charge in [0.1, 0.15) is 0 Å². The summed E-state index contributed by atoms with van der Waals surface area (Å²) in [6, 6.07) is 2.15. The molecular weight excluding hydrogens is 292 g/mol. The Balaban J connectivity index is 3.46. The summed E-state index contributed by atoms with van der Waals surface area (Å²) in [5.74, 6) is 2.19. The SMILES string of the molecule is C#CCN(C)S(=O)(=O)c1cc(Cl)c(C)c([N+](=O)[O-])c1. The van der Waals surface area contributed by atoms with Gasteiger partial charge in [-0.25, -0.2) is 8.42 Å². The lowest BCUT2D eigenvalue weighted by atomic mass is 10.2. The Labute approximate surface area is 116 Å². The van der Waals surface area contributed by atoms with Crippen molar-refractivity contribution in [3.63, 3.8) is 0 Å². The maximum Gasteiger partial charge on any atom is 0.275 e. The van der Waals surface area contributed by atoms with Gasteiger partial charge in [0, 0.05) is 18.7 Å². The van der Waals surface area contributed by atoms with Gasteiger partial charge in [-0.3, -0.25) is 10.1 Å². The van der Waals surface area contributed by atoms with Gasteiger partial charge in [0.15, 0.2) is 0 Å². The summed E-state index contributed by atoms with van der Waals surface area (Å²) in [6.45, 7) is 1.31. The van der Waals surface area contributed by atoms with Crippen molar-refractivity contribution in [2.45, 2.75) is 11.8 Å². The van der Waals surface area contributed by atoms with Gasteiger partial charge in [0.25, 0.3) is 5.69 Å². The van der Waals surface area contributed by atoms with Gasteiger partial charge >= 0.3 is 0 Å². The monoisotopic (exact) mass is 302 g/mol. The molecule has 0 aliphatic carbocycles.